The highest BCUT2D eigenvalue weighted by molar-refractivity contribution is 6.33. The monoisotopic (exact) mass is 450 g/mol. The molecule has 4 rings (SSSR count). The number of likely N-dealkylation sites (tertiary alicyclic amines) is 2. The molecule has 0 radical (unpaired) electrons. The molecule has 0 unspecified atom stereocenters. The number of nitrogens with zero attached hydrogens (tertiary/aromatic N) is 4. The normalized spacial score (nSPS) is 18.8. The molecule has 2 saturated heterocycles. The minimum atomic E-state index is -1.25. The smallest absolute Gasteiger partial charge is 0.357 e. The Balaban J connectivity index is 1.35. The SMILES string of the molecule is Cc1cc(Cl)cc(CN2CCC3(CCN(C(=O)n4cc(Cl)c(C(=O)O)n4)CC3)C2)c1. The van der Waals surface area contributed by atoms with Crippen LogP contribution in [0.3, 0.4) is 0 Å². The van der Waals surface area contributed by atoms with Crippen molar-refractivity contribution in [1.82, 2.24) is 19.6 Å². The lowest BCUT2D eigenvalue weighted by Gasteiger charge is -2.39. The van der Waals surface area contributed by atoms with Gasteiger partial charge in [-0.25, -0.2) is 9.59 Å². The zero-order valence-corrected chi connectivity index (χ0v) is 18.3. The number of aromatic carboxylic acids is 1. The standard InChI is InChI=1S/C21H24Cl2N4O3/c1-14-8-15(10-16(22)9-14)11-25-5-2-21(13-25)3-6-26(7-4-21)20(30)27-12-17(23)18(24-27)19(28)29/h8-10,12H,2-7,11,13H2,1H3,(H,28,29). The van der Waals surface area contributed by atoms with Crippen LogP contribution < -0.4 is 0 Å². The Morgan fingerprint density at radius 2 is 1.83 bits per heavy atom. The molecule has 7 nitrogen and oxygen atoms in total. The van der Waals surface area contributed by atoms with Crippen LogP contribution >= 0.6 is 23.2 Å². The van der Waals surface area contributed by atoms with Crippen molar-refractivity contribution >= 4 is 35.2 Å². The highest BCUT2D eigenvalue weighted by Crippen LogP contribution is 2.41. The van der Waals surface area contributed by atoms with Crippen LogP contribution in [0.25, 0.3) is 0 Å². The summed E-state index contributed by atoms with van der Waals surface area (Å²) in [6.07, 6.45) is 4.22. The van der Waals surface area contributed by atoms with Gasteiger partial charge in [-0.05, 0) is 61.4 Å². The maximum absolute atomic E-state index is 12.7. The molecule has 1 N–H and O–H groups in total. The molecule has 0 bridgehead atoms. The van der Waals surface area contributed by atoms with Crippen molar-refractivity contribution in [3.8, 4) is 0 Å². The Hall–Kier alpha value is -2.09. The number of benzene rings is 1. The van der Waals surface area contributed by atoms with E-state index in [4.69, 9.17) is 28.3 Å². The summed E-state index contributed by atoms with van der Waals surface area (Å²) in [4.78, 5) is 28.0. The largest absolute Gasteiger partial charge is 0.476 e. The number of aryl methyl sites for hydroxylation is 1. The number of hydrogen-bond acceptors (Lipinski definition) is 4. The average molecular weight is 451 g/mol. The van der Waals surface area contributed by atoms with Gasteiger partial charge in [-0.2, -0.15) is 9.78 Å². The van der Waals surface area contributed by atoms with Crippen molar-refractivity contribution < 1.29 is 14.7 Å². The van der Waals surface area contributed by atoms with E-state index in [0.29, 0.717) is 13.1 Å². The number of piperidine rings is 1. The van der Waals surface area contributed by atoms with Crippen molar-refractivity contribution in [3.05, 3.63) is 51.3 Å². The van der Waals surface area contributed by atoms with Crippen LogP contribution in [0.15, 0.2) is 24.4 Å². The number of carboxylic acids is 1. The topological polar surface area (TPSA) is 78.7 Å². The van der Waals surface area contributed by atoms with Gasteiger partial charge < -0.3 is 10.0 Å². The minimum Gasteiger partial charge on any atom is -0.476 e. The van der Waals surface area contributed by atoms with Crippen LogP contribution in [0.1, 0.15) is 40.9 Å². The second-order valence-electron chi connectivity index (χ2n) is 8.44. The van der Waals surface area contributed by atoms with Crippen molar-refractivity contribution in [2.45, 2.75) is 32.7 Å². The summed E-state index contributed by atoms with van der Waals surface area (Å²) in [7, 11) is 0. The molecule has 1 amide bonds. The molecule has 9 heteroatoms. The molecule has 3 heterocycles. The first-order chi connectivity index (χ1) is 14.2. The second-order valence-corrected chi connectivity index (χ2v) is 9.29. The van der Waals surface area contributed by atoms with E-state index in [9.17, 15) is 9.59 Å². The first-order valence-electron chi connectivity index (χ1n) is 10.0. The number of aromatic nitrogens is 2. The molecule has 2 fully saturated rings. The van der Waals surface area contributed by atoms with Gasteiger partial charge >= 0.3 is 12.0 Å². The zero-order valence-electron chi connectivity index (χ0n) is 16.8. The molecule has 0 aliphatic carbocycles. The van der Waals surface area contributed by atoms with Gasteiger partial charge in [0.25, 0.3) is 0 Å². The van der Waals surface area contributed by atoms with Gasteiger partial charge in [0.2, 0.25) is 0 Å². The highest BCUT2D eigenvalue weighted by atomic mass is 35.5. The van der Waals surface area contributed by atoms with E-state index in [1.807, 2.05) is 12.1 Å². The van der Waals surface area contributed by atoms with Crippen molar-refractivity contribution in [2.24, 2.45) is 5.41 Å². The van der Waals surface area contributed by atoms with Crippen LogP contribution in [0.4, 0.5) is 4.79 Å². The summed E-state index contributed by atoms with van der Waals surface area (Å²) in [6, 6.07) is 5.85. The Labute approximate surface area is 185 Å². The van der Waals surface area contributed by atoms with E-state index in [1.54, 1.807) is 4.90 Å². The van der Waals surface area contributed by atoms with Gasteiger partial charge in [0.05, 0.1) is 11.2 Å². The third-order valence-electron chi connectivity index (χ3n) is 6.19. The predicted molar refractivity (Wildman–Crippen MR) is 114 cm³/mol. The number of amides is 1. The minimum absolute atomic E-state index is 0.0352. The summed E-state index contributed by atoms with van der Waals surface area (Å²) in [6.45, 7) is 6.24. The number of carbonyl (C=O) groups is 2. The van der Waals surface area contributed by atoms with Gasteiger partial charge in [-0.3, -0.25) is 4.90 Å². The van der Waals surface area contributed by atoms with E-state index in [-0.39, 0.29) is 22.2 Å². The third-order valence-corrected chi connectivity index (χ3v) is 6.68. The van der Waals surface area contributed by atoms with Gasteiger partial charge in [0.15, 0.2) is 5.69 Å². The highest BCUT2D eigenvalue weighted by Gasteiger charge is 2.41. The molecular weight excluding hydrogens is 427 g/mol. The van der Waals surface area contributed by atoms with Gasteiger partial charge in [0.1, 0.15) is 0 Å². The van der Waals surface area contributed by atoms with Crippen LogP contribution in [0.5, 0.6) is 0 Å². The summed E-state index contributed by atoms with van der Waals surface area (Å²) < 4.78 is 1.03. The summed E-state index contributed by atoms with van der Waals surface area (Å²) in [5.74, 6) is -1.25. The lowest BCUT2D eigenvalue weighted by Crippen LogP contribution is -2.45. The third kappa shape index (κ3) is 4.33. The van der Waals surface area contributed by atoms with Gasteiger partial charge in [0, 0.05) is 31.2 Å². The summed E-state index contributed by atoms with van der Waals surface area (Å²) in [5.41, 5.74) is 2.32. The van der Waals surface area contributed by atoms with E-state index in [1.165, 1.54) is 17.3 Å². The molecule has 160 valence electrons. The van der Waals surface area contributed by atoms with Crippen LogP contribution in [-0.2, 0) is 6.54 Å². The molecule has 1 spiro atoms. The Morgan fingerprint density at radius 3 is 2.47 bits per heavy atom. The molecular formula is C21H24Cl2N4O3. The Morgan fingerprint density at radius 1 is 1.13 bits per heavy atom. The van der Waals surface area contributed by atoms with E-state index < -0.39 is 5.97 Å². The van der Waals surface area contributed by atoms with Crippen LogP contribution in [0, 0.1) is 12.3 Å². The molecule has 2 aliphatic rings. The fourth-order valence-corrected chi connectivity index (χ4v) is 5.17. The van der Waals surface area contributed by atoms with E-state index in [0.717, 1.165) is 48.6 Å². The molecule has 0 atom stereocenters. The molecule has 2 aliphatic heterocycles. The van der Waals surface area contributed by atoms with Gasteiger partial charge in [-0.1, -0.05) is 29.3 Å². The van der Waals surface area contributed by atoms with Crippen molar-refractivity contribution in [2.75, 3.05) is 26.2 Å². The maximum atomic E-state index is 12.7. The molecule has 1 aromatic heterocycles. The molecule has 30 heavy (non-hydrogen) atoms. The average Bonchev–Trinajstić information content (AvgIpc) is 3.25. The molecule has 1 aromatic carbocycles. The van der Waals surface area contributed by atoms with Crippen molar-refractivity contribution in [3.63, 3.8) is 0 Å². The van der Waals surface area contributed by atoms with Gasteiger partial charge in [-0.15, -0.1) is 0 Å². The summed E-state index contributed by atoms with van der Waals surface area (Å²) in [5, 5.41) is 13.6. The van der Waals surface area contributed by atoms with Crippen molar-refractivity contribution in [1.29, 1.82) is 0 Å². The number of halogens is 2. The van der Waals surface area contributed by atoms with Crippen LogP contribution in [-0.4, -0.2) is 62.9 Å². The zero-order chi connectivity index (χ0) is 21.5. The predicted octanol–water partition coefficient (Wildman–Crippen LogP) is 4.15. The molecule has 2 aromatic rings. The molecule has 0 saturated carbocycles. The first-order valence-corrected chi connectivity index (χ1v) is 10.8. The number of hydrogen-bond donors (Lipinski definition) is 1. The first kappa shape index (κ1) is 21.2. The number of carbonyl (C=O) groups excluding carboxylic acids is 1. The Kier molecular flexibility index (Phi) is 5.79. The maximum Gasteiger partial charge on any atom is 0.357 e. The Bertz CT molecular complexity index is 962. The lowest BCUT2D eigenvalue weighted by molar-refractivity contribution is 0.0690. The van der Waals surface area contributed by atoms with E-state index in [2.05, 4.69) is 23.0 Å². The fourth-order valence-electron chi connectivity index (χ4n) is 4.65. The quantitative estimate of drug-likeness (QED) is 0.759. The second kappa shape index (κ2) is 8.21. The van der Waals surface area contributed by atoms with E-state index >= 15 is 0 Å². The lowest BCUT2D eigenvalue weighted by atomic mass is 9.78. The fraction of sp³-hybridized carbons (Fsp3) is 0.476. The number of carboxylic acid groups (broad SMARTS) is 1. The van der Waals surface area contributed by atoms with Crippen LogP contribution in [0.2, 0.25) is 10.0 Å². The number of rotatable bonds is 3. The summed E-state index contributed by atoms with van der Waals surface area (Å²) >= 11 is 12.1.